The number of pyridine rings is 1. The Morgan fingerprint density at radius 3 is 2.88 bits per heavy atom. The monoisotopic (exact) mass is 327 g/mol. The molecular weight excluding hydrogens is 306 g/mol. The fraction of sp³-hybridized carbons (Fsp3) is 0.353. The van der Waals surface area contributed by atoms with Crippen molar-refractivity contribution >= 4 is 11.5 Å². The lowest BCUT2D eigenvalue weighted by Gasteiger charge is -2.10. The second kappa shape index (κ2) is 7.27. The van der Waals surface area contributed by atoms with E-state index in [4.69, 9.17) is 9.47 Å². The highest BCUT2D eigenvalue weighted by atomic mass is 16.5. The number of nitrogens with zero attached hydrogens (tertiary/aromatic N) is 4. The molecule has 1 N–H and O–H groups in total. The van der Waals surface area contributed by atoms with E-state index in [-0.39, 0.29) is 6.10 Å². The van der Waals surface area contributed by atoms with Crippen LogP contribution in [0, 0.1) is 0 Å². The maximum absolute atomic E-state index is 5.53. The Balaban J connectivity index is 1.86. The van der Waals surface area contributed by atoms with Crippen molar-refractivity contribution in [1.29, 1.82) is 0 Å². The van der Waals surface area contributed by atoms with E-state index in [0.29, 0.717) is 18.9 Å². The number of imidazole rings is 1. The summed E-state index contributed by atoms with van der Waals surface area (Å²) < 4.78 is 12.7. The topological polar surface area (TPSA) is 73.6 Å². The number of anilines is 1. The molecule has 0 fully saturated rings. The molecule has 7 nitrogen and oxygen atoms in total. The standard InChI is InChI=1S/C17H21N5O2/c1-12(2)24-9-8-19-16-4-5-17-20-10-14(22(17)21-16)13-6-7-18-11-15(13)23-3/h4-7,10-12H,8-9H2,1-3H3,(H,19,21). The molecule has 0 bridgehead atoms. The van der Waals surface area contributed by atoms with Crippen LogP contribution in [0.2, 0.25) is 0 Å². The molecule has 7 heteroatoms. The predicted molar refractivity (Wildman–Crippen MR) is 92.3 cm³/mol. The zero-order chi connectivity index (χ0) is 16.9. The third-order valence-electron chi connectivity index (χ3n) is 3.50. The summed E-state index contributed by atoms with van der Waals surface area (Å²) in [6, 6.07) is 5.72. The molecule has 3 rings (SSSR count). The van der Waals surface area contributed by atoms with Crippen molar-refractivity contribution in [2.24, 2.45) is 0 Å². The smallest absolute Gasteiger partial charge is 0.154 e. The number of hydrogen-bond donors (Lipinski definition) is 1. The highest BCUT2D eigenvalue weighted by molar-refractivity contribution is 5.69. The highest BCUT2D eigenvalue weighted by Gasteiger charge is 2.12. The molecule has 126 valence electrons. The molecule has 0 aliphatic carbocycles. The number of rotatable bonds is 7. The minimum absolute atomic E-state index is 0.224. The van der Waals surface area contributed by atoms with Gasteiger partial charge in [0.2, 0.25) is 0 Å². The van der Waals surface area contributed by atoms with E-state index in [1.807, 2.05) is 32.0 Å². The van der Waals surface area contributed by atoms with Gasteiger partial charge in [0.1, 0.15) is 11.6 Å². The summed E-state index contributed by atoms with van der Waals surface area (Å²) in [6.07, 6.45) is 5.41. The number of aromatic nitrogens is 4. The lowest BCUT2D eigenvalue weighted by Crippen LogP contribution is -2.14. The van der Waals surface area contributed by atoms with E-state index in [2.05, 4.69) is 20.4 Å². The molecule has 0 aliphatic rings. The van der Waals surface area contributed by atoms with Crippen LogP contribution in [0.5, 0.6) is 5.75 Å². The fourth-order valence-corrected chi connectivity index (χ4v) is 2.38. The van der Waals surface area contributed by atoms with Gasteiger partial charge in [-0.1, -0.05) is 0 Å². The van der Waals surface area contributed by atoms with E-state index < -0.39 is 0 Å². The SMILES string of the molecule is COc1cnccc1-c1cnc2ccc(NCCOC(C)C)nn12. The zero-order valence-electron chi connectivity index (χ0n) is 14.1. The Morgan fingerprint density at radius 1 is 1.21 bits per heavy atom. The molecule has 0 saturated heterocycles. The van der Waals surface area contributed by atoms with Crippen molar-refractivity contribution in [3.63, 3.8) is 0 Å². The van der Waals surface area contributed by atoms with Gasteiger partial charge in [0.15, 0.2) is 5.65 Å². The second-order valence-electron chi connectivity index (χ2n) is 5.55. The Kier molecular flexibility index (Phi) is 4.90. The molecule has 0 aliphatic heterocycles. The molecule has 0 amide bonds. The van der Waals surface area contributed by atoms with Crippen molar-refractivity contribution in [3.05, 3.63) is 36.8 Å². The molecule has 0 saturated carbocycles. The zero-order valence-corrected chi connectivity index (χ0v) is 14.1. The minimum atomic E-state index is 0.224. The summed E-state index contributed by atoms with van der Waals surface area (Å²) in [5.74, 6) is 1.45. The molecule has 0 atom stereocenters. The summed E-state index contributed by atoms with van der Waals surface area (Å²) in [5.41, 5.74) is 2.52. The van der Waals surface area contributed by atoms with Crippen LogP contribution in [-0.2, 0) is 4.74 Å². The average Bonchev–Trinajstić information content (AvgIpc) is 3.01. The third kappa shape index (κ3) is 3.46. The van der Waals surface area contributed by atoms with Gasteiger partial charge in [-0.15, -0.1) is 5.10 Å². The number of hydrogen-bond acceptors (Lipinski definition) is 6. The van der Waals surface area contributed by atoms with Gasteiger partial charge in [-0.25, -0.2) is 9.50 Å². The molecule has 3 aromatic rings. The number of fused-ring (bicyclic) bond motifs is 1. The third-order valence-corrected chi connectivity index (χ3v) is 3.50. The van der Waals surface area contributed by atoms with Gasteiger partial charge in [-0.3, -0.25) is 4.98 Å². The summed E-state index contributed by atoms with van der Waals surface area (Å²) in [7, 11) is 1.62. The van der Waals surface area contributed by atoms with Crippen LogP contribution in [0.1, 0.15) is 13.8 Å². The first-order valence-corrected chi connectivity index (χ1v) is 7.87. The van der Waals surface area contributed by atoms with E-state index in [1.54, 1.807) is 30.2 Å². The molecule has 24 heavy (non-hydrogen) atoms. The Hall–Kier alpha value is -2.67. The first-order valence-electron chi connectivity index (χ1n) is 7.87. The first-order chi connectivity index (χ1) is 11.7. The lowest BCUT2D eigenvalue weighted by molar-refractivity contribution is 0.0870. The van der Waals surface area contributed by atoms with Gasteiger partial charge < -0.3 is 14.8 Å². The average molecular weight is 327 g/mol. The Labute approximate surface area is 140 Å². The van der Waals surface area contributed by atoms with Gasteiger partial charge in [0.05, 0.1) is 37.9 Å². The van der Waals surface area contributed by atoms with Crippen LogP contribution in [0.4, 0.5) is 5.82 Å². The van der Waals surface area contributed by atoms with Crippen molar-refractivity contribution in [2.45, 2.75) is 20.0 Å². The molecule has 0 spiro atoms. The summed E-state index contributed by atoms with van der Waals surface area (Å²) in [4.78, 5) is 8.49. The minimum Gasteiger partial charge on any atom is -0.494 e. The second-order valence-corrected chi connectivity index (χ2v) is 5.55. The van der Waals surface area contributed by atoms with E-state index in [9.17, 15) is 0 Å². The lowest BCUT2D eigenvalue weighted by atomic mass is 10.2. The normalized spacial score (nSPS) is 11.2. The van der Waals surface area contributed by atoms with Gasteiger partial charge in [0.25, 0.3) is 0 Å². The van der Waals surface area contributed by atoms with Crippen molar-refractivity contribution in [1.82, 2.24) is 19.6 Å². The van der Waals surface area contributed by atoms with E-state index in [0.717, 1.165) is 22.7 Å². The van der Waals surface area contributed by atoms with Crippen LogP contribution in [0.15, 0.2) is 36.8 Å². The Morgan fingerprint density at radius 2 is 2.08 bits per heavy atom. The van der Waals surface area contributed by atoms with Crippen LogP contribution < -0.4 is 10.1 Å². The largest absolute Gasteiger partial charge is 0.494 e. The summed E-state index contributed by atoms with van der Waals surface area (Å²) >= 11 is 0. The van der Waals surface area contributed by atoms with Crippen molar-refractivity contribution < 1.29 is 9.47 Å². The summed E-state index contributed by atoms with van der Waals surface area (Å²) in [5, 5.41) is 7.88. The van der Waals surface area contributed by atoms with Crippen LogP contribution in [0.3, 0.4) is 0 Å². The molecule has 0 radical (unpaired) electrons. The molecule has 3 heterocycles. The molecule has 0 aromatic carbocycles. The predicted octanol–water partition coefficient (Wildman–Crippen LogP) is 2.64. The van der Waals surface area contributed by atoms with Gasteiger partial charge in [0, 0.05) is 18.3 Å². The van der Waals surface area contributed by atoms with Gasteiger partial charge in [-0.05, 0) is 32.0 Å². The summed E-state index contributed by atoms with van der Waals surface area (Å²) in [6.45, 7) is 5.36. The quantitative estimate of drug-likeness (QED) is 0.673. The fourth-order valence-electron chi connectivity index (χ4n) is 2.38. The van der Waals surface area contributed by atoms with E-state index in [1.165, 1.54) is 0 Å². The van der Waals surface area contributed by atoms with Crippen LogP contribution in [0.25, 0.3) is 16.9 Å². The number of nitrogens with one attached hydrogen (secondary N) is 1. The van der Waals surface area contributed by atoms with Crippen molar-refractivity contribution in [3.8, 4) is 17.0 Å². The van der Waals surface area contributed by atoms with Gasteiger partial charge >= 0.3 is 0 Å². The number of ether oxygens (including phenoxy) is 2. The number of methoxy groups -OCH3 is 1. The Bertz CT molecular complexity index is 816. The molecular formula is C17H21N5O2. The maximum Gasteiger partial charge on any atom is 0.154 e. The van der Waals surface area contributed by atoms with E-state index >= 15 is 0 Å². The first kappa shape index (κ1) is 16.2. The highest BCUT2D eigenvalue weighted by Crippen LogP contribution is 2.28. The van der Waals surface area contributed by atoms with Crippen LogP contribution >= 0.6 is 0 Å². The maximum atomic E-state index is 5.53. The van der Waals surface area contributed by atoms with Crippen molar-refractivity contribution in [2.75, 3.05) is 25.6 Å². The molecule has 3 aromatic heterocycles. The van der Waals surface area contributed by atoms with Crippen LogP contribution in [-0.4, -0.2) is 45.9 Å². The van der Waals surface area contributed by atoms with Gasteiger partial charge in [-0.2, -0.15) is 0 Å². The molecule has 0 unspecified atom stereocenters.